The van der Waals surface area contributed by atoms with Gasteiger partial charge in [0.15, 0.2) is 0 Å². The molecule has 0 radical (unpaired) electrons. The minimum atomic E-state index is -0.662. The van der Waals surface area contributed by atoms with Gasteiger partial charge >= 0.3 is 0 Å². The first kappa shape index (κ1) is 10.4. The van der Waals surface area contributed by atoms with Crippen molar-refractivity contribution in [3.05, 3.63) is 48.0 Å². The number of hydrogen-bond acceptors (Lipinski definition) is 2. The SMILES string of the molecule is Nc1cc(-c2ccc(F)cc2F)ccc1O. The molecule has 0 bridgehead atoms. The van der Waals surface area contributed by atoms with Gasteiger partial charge in [-0.3, -0.25) is 0 Å². The van der Waals surface area contributed by atoms with E-state index in [-0.39, 0.29) is 17.0 Å². The zero-order valence-corrected chi connectivity index (χ0v) is 8.24. The Morgan fingerprint density at radius 3 is 2.38 bits per heavy atom. The number of benzene rings is 2. The molecule has 0 spiro atoms. The third-order valence-electron chi connectivity index (χ3n) is 2.27. The van der Waals surface area contributed by atoms with Gasteiger partial charge < -0.3 is 10.8 Å². The third kappa shape index (κ3) is 1.82. The highest BCUT2D eigenvalue weighted by Crippen LogP contribution is 2.29. The van der Waals surface area contributed by atoms with Crippen LogP contribution in [-0.2, 0) is 0 Å². The van der Waals surface area contributed by atoms with Gasteiger partial charge in [-0.25, -0.2) is 8.78 Å². The Morgan fingerprint density at radius 1 is 1.00 bits per heavy atom. The Bertz CT molecular complexity index is 541. The molecular formula is C12H9F2NO. The van der Waals surface area contributed by atoms with Crippen molar-refractivity contribution in [2.24, 2.45) is 0 Å². The quantitative estimate of drug-likeness (QED) is 0.574. The van der Waals surface area contributed by atoms with Crippen LogP contribution in [-0.4, -0.2) is 5.11 Å². The number of nitrogens with two attached hydrogens (primary N) is 1. The van der Waals surface area contributed by atoms with Gasteiger partial charge in [-0.15, -0.1) is 0 Å². The fourth-order valence-electron chi connectivity index (χ4n) is 1.45. The van der Waals surface area contributed by atoms with E-state index in [0.29, 0.717) is 5.56 Å². The highest BCUT2D eigenvalue weighted by atomic mass is 19.1. The molecule has 4 heteroatoms. The lowest BCUT2D eigenvalue weighted by Gasteiger charge is -2.05. The highest BCUT2D eigenvalue weighted by Gasteiger charge is 2.07. The summed E-state index contributed by atoms with van der Waals surface area (Å²) < 4.78 is 26.1. The minimum Gasteiger partial charge on any atom is -0.506 e. The molecule has 3 N–H and O–H groups in total. The number of aromatic hydroxyl groups is 1. The molecule has 2 rings (SSSR count). The average Bonchev–Trinajstić information content (AvgIpc) is 2.22. The molecule has 2 aromatic carbocycles. The maximum Gasteiger partial charge on any atom is 0.138 e. The standard InChI is InChI=1S/C12H9F2NO/c13-8-2-3-9(10(14)6-8)7-1-4-12(16)11(15)5-7/h1-6,16H,15H2. The van der Waals surface area contributed by atoms with Crippen molar-refractivity contribution in [1.82, 2.24) is 0 Å². The molecule has 0 heterocycles. The minimum absolute atomic E-state index is 0.0636. The van der Waals surface area contributed by atoms with E-state index in [2.05, 4.69) is 0 Å². The van der Waals surface area contributed by atoms with Gasteiger partial charge in [0, 0.05) is 11.6 Å². The maximum absolute atomic E-state index is 13.4. The predicted octanol–water partition coefficient (Wildman–Crippen LogP) is 2.92. The van der Waals surface area contributed by atoms with E-state index >= 15 is 0 Å². The van der Waals surface area contributed by atoms with Gasteiger partial charge in [0.1, 0.15) is 17.4 Å². The first-order chi connectivity index (χ1) is 7.58. The van der Waals surface area contributed by atoms with Crippen LogP contribution < -0.4 is 5.73 Å². The van der Waals surface area contributed by atoms with E-state index in [0.717, 1.165) is 6.07 Å². The summed E-state index contributed by atoms with van der Waals surface area (Å²) >= 11 is 0. The molecule has 0 saturated carbocycles. The molecule has 0 saturated heterocycles. The molecule has 0 amide bonds. The normalized spacial score (nSPS) is 10.4. The molecule has 82 valence electrons. The van der Waals surface area contributed by atoms with Gasteiger partial charge in [-0.1, -0.05) is 6.07 Å². The summed E-state index contributed by atoms with van der Waals surface area (Å²) in [6, 6.07) is 7.62. The van der Waals surface area contributed by atoms with Crippen LogP contribution in [0.4, 0.5) is 14.5 Å². The van der Waals surface area contributed by atoms with E-state index in [9.17, 15) is 13.9 Å². The summed E-state index contributed by atoms with van der Waals surface area (Å²) in [6.45, 7) is 0. The molecule has 0 fully saturated rings. The summed E-state index contributed by atoms with van der Waals surface area (Å²) in [6.07, 6.45) is 0. The second kappa shape index (κ2) is 3.81. The number of phenols is 1. The van der Waals surface area contributed by atoms with Crippen LogP contribution >= 0.6 is 0 Å². The van der Waals surface area contributed by atoms with Crippen molar-refractivity contribution in [2.75, 3.05) is 5.73 Å². The molecule has 0 aromatic heterocycles. The van der Waals surface area contributed by atoms with E-state index in [4.69, 9.17) is 5.73 Å². The number of nitrogen functional groups attached to an aromatic ring is 1. The Balaban J connectivity index is 2.54. The average molecular weight is 221 g/mol. The lowest BCUT2D eigenvalue weighted by Crippen LogP contribution is -1.89. The lowest BCUT2D eigenvalue weighted by molar-refractivity contribution is 0.478. The fourth-order valence-corrected chi connectivity index (χ4v) is 1.45. The molecule has 0 aliphatic rings. The fraction of sp³-hybridized carbons (Fsp3) is 0. The van der Waals surface area contributed by atoms with Crippen molar-refractivity contribution in [2.45, 2.75) is 0 Å². The maximum atomic E-state index is 13.4. The highest BCUT2D eigenvalue weighted by molar-refractivity contribution is 5.70. The molecule has 16 heavy (non-hydrogen) atoms. The van der Waals surface area contributed by atoms with Crippen LogP contribution in [0.15, 0.2) is 36.4 Å². The van der Waals surface area contributed by atoms with Crippen LogP contribution in [0.1, 0.15) is 0 Å². The zero-order chi connectivity index (χ0) is 11.7. The number of anilines is 1. The van der Waals surface area contributed by atoms with Crippen molar-refractivity contribution in [3.8, 4) is 16.9 Å². The lowest BCUT2D eigenvalue weighted by atomic mass is 10.0. The second-order valence-electron chi connectivity index (χ2n) is 3.40. The monoisotopic (exact) mass is 221 g/mol. The number of phenolic OH excluding ortho intramolecular Hbond substituents is 1. The topological polar surface area (TPSA) is 46.2 Å². The van der Waals surface area contributed by atoms with Crippen molar-refractivity contribution in [1.29, 1.82) is 0 Å². The van der Waals surface area contributed by atoms with Crippen LogP contribution in [0.25, 0.3) is 11.1 Å². The third-order valence-corrected chi connectivity index (χ3v) is 2.27. The largest absolute Gasteiger partial charge is 0.506 e. The van der Waals surface area contributed by atoms with Crippen LogP contribution in [0.5, 0.6) is 5.75 Å². The predicted molar refractivity (Wildman–Crippen MR) is 57.9 cm³/mol. The Morgan fingerprint density at radius 2 is 1.75 bits per heavy atom. The van der Waals surface area contributed by atoms with E-state index in [1.54, 1.807) is 0 Å². The molecule has 0 aliphatic carbocycles. The van der Waals surface area contributed by atoms with Gasteiger partial charge in [0.25, 0.3) is 0 Å². The van der Waals surface area contributed by atoms with Crippen LogP contribution in [0.3, 0.4) is 0 Å². The first-order valence-electron chi connectivity index (χ1n) is 4.62. The molecule has 2 nitrogen and oxygen atoms in total. The Kier molecular flexibility index (Phi) is 2.48. The summed E-state index contributed by atoms with van der Waals surface area (Å²) in [5.41, 5.74) is 6.38. The number of halogens is 2. The number of rotatable bonds is 1. The Hall–Kier alpha value is -2.10. The molecule has 0 atom stereocenters. The van der Waals surface area contributed by atoms with Crippen LogP contribution in [0.2, 0.25) is 0 Å². The Labute approximate surface area is 91.0 Å². The summed E-state index contributed by atoms with van der Waals surface area (Å²) in [5, 5.41) is 9.23. The van der Waals surface area contributed by atoms with Crippen LogP contribution in [0, 0.1) is 11.6 Å². The summed E-state index contributed by atoms with van der Waals surface area (Å²) in [7, 11) is 0. The van der Waals surface area contributed by atoms with Crippen molar-refractivity contribution in [3.63, 3.8) is 0 Å². The van der Waals surface area contributed by atoms with E-state index < -0.39 is 11.6 Å². The van der Waals surface area contributed by atoms with Gasteiger partial charge in [-0.05, 0) is 29.8 Å². The zero-order valence-electron chi connectivity index (χ0n) is 8.24. The van der Waals surface area contributed by atoms with E-state index in [1.807, 2.05) is 0 Å². The van der Waals surface area contributed by atoms with Gasteiger partial charge in [0.2, 0.25) is 0 Å². The molecule has 0 aliphatic heterocycles. The van der Waals surface area contributed by atoms with Gasteiger partial charge in [0.05, 0.1) is 5.69 Å². The number of hydrogen-bond donors (Lipinski definition) is 2. The molecular weight excluding hydrogens is 212 g/mol. The molecule has 2 aromatic rings. The molecule has 0 unspecified atom stereocenters. The smallest absolute Gasteiger partial charge is 0.138 e. The van der Waals surface area contributed by atoms with Gasteiger partial charge in [-0.2, -0.15) is 0 Å². The van der Waals surface area contributed by atoms with Crippen molar-refractivity contribution >= 4 is 5.69 Å². The summed E-state index contributed by atoms with van der Waals surface area (Å²) in [4.78, 5) is 0. The summed E-state index contributed by atoms with van der Waals surface area (Å²) in [5.74, 6) is -1.36. The van der Waals surface area contributed by atoms with E-state index in [1.165, 1.54) is 30.3 Å². The van der Waals surface area contributed by atoms with Crippen molar-refractivity contribution < 1.29 is 13.9 Å². The second-order valence-corrected chi connectivity index (χ2v) is 3.40. The first-order valence-corrected chi connectivity index (χ1v) is 4.62.